The number of para-hydroxylation sites is 1. The first-order valence-corrected chi connectivity index (χ1v) is 11.9. The number of nitrogens with zero attached hydrogens (tertiary/aromatic N) is 1. The Labute approximate surface area is 188 Å². The molecule has 6 nitrogen and oxygen atoms in total. The lowest BCUT2D eigenvalue weighted by molar-refractivity contribution is -0.122. The third-order valence-corrected chi connectivity index (χ3v) is 7.15. The number of hydrogen-bond donors (Lipinski definition) is 1. The van der Waals surface area contributed by atoms with Crippen LogP contribution in [-0.2, 0) is 20.2 Å². The second-order valence-electron chi connectivity index (χ2n) is 8.74. The number of ether oxygens (including phenoxy) is 1. The smallest absolute Gasteiger partial charge is 0.267 e. The molecule has 32 heavy (non-hydrogen) atoms. The second-order valence-corrected chi connectivity index (χ2v) is 10.6. The number of anilines is 2. The summed E-state index contributed by atoms with van der Waals surface area (Å²) in [6.45, 7) is 6.05. The highest BCUT2D eigenvalue weighted by Crippen LogP contribution is 2.40. The number of sulfonamides is 1. The molecule has 0 bridgehead atoms. The van der Waals surface area contributed by atoms with Gasteiger partial charge in [-0.1, -0.05) is 63.2 Å². The molecule has 166 valence electrons. The Balaban J connectivity index is 1.75. The molecule has 0 aliphatic carbocycles. The summed E-state index contributed by atoms with van der Waals surface area (Å²) in [6.07, 6.45) is -0.998. The van der Waals surface area contributed by atoms with Crippen molar-refractivity contribution in [1.82, 2.24) is 0 Å². The van der Waals surface area contributed by atoms with Crippen molar-refractivity contribution in [2.45, 2.75) is 37.2 Å². The van der Waals surface area contributed by atoms with Gasteiger partial charge in [-0.3, -0.25) is 9.10 Å². The molecule has 0 radical (unpaired) electrons. The first-order chi connectivity index (χ1) is 15.2. The van der Waals surface area contributed by atoms with E-state index in [1.165, 1.54) is 4.31 Å². The lowest BCUT2D eigenvalue weighted by Crippen LogP contribution is -2.49. The van der Waals surface area contributed by atoms with Crippen LogP contribution in [0.1, 0.15) is 26.3 Å². The molecular weight excluding hydrogens is 424 g/mol. The molecule has 1 unspecified atom stereocenters. The summed E-state index contributed by atoms with van der Waals surface area (Å²) in [5.41, 5.74) is 1.84. The summed E-state index contributed by atoms with van der Waals surface area (Å²) < 4.78 is 34.4. The molecule has 0 spiro atoms. The van der Waals surface area contributed by atoms with E-state index < -0.39 is 22.0 Å². The van der Waals surface area contributed by atoms with E-state index in [-0.39, 0.29) is 16.9 Å². The lowest BCUT2D eigenvalue weighted by Gasteiger charge is -2.36. The van der Waals surface area contributed by atoms with E-state index in [2.05, 4.69) is 26.1 Å². The highest BCUT2D eigenvalue weighted by atomic mass is 32.2. The number of fused-ring (bicyclic) bond motifs is 1. The number of benzene rings is 3. The van der Waals surface area contributed by atoms with Crippen molar-refractivity contribution in [2.24, 2.45) is 0 Å². The van der Waals surface area contributed by atoms with E-state index in [0.717, 1.165) is 5.56 Å². The van der Waals surface area contributed by atoms with Gasteiger partial charge in [0, 0.05) is 5.69 Å². The van der Waals surface area contributed by atoms with Crippen molar-refractivity contribution in [1.29, 1.82) is 0 Å². The van der Waals surface area contributed by atoms with Gasteiger partial charge in [-0.05, 0) is 47.4 Å². The predicted octanol–water partition coefficient (Wildman–Crippen LogP) is 4.58. The monoisotopic (exact) mass is 450 g/mol. The maximum absolute atomic E-state index is 13.6. The Morgan fingerprint density at radius 3 is 2.22 bits per heavy atom. The summed E-state index contributed by atoms with van der Waals surface area (Å²) in [5.74, 6) is -0.0491. The van der Waals surface area contributed by atoms with Crippen molar-refractivity contribution in [2.75, 3.05) is 16.2 Å². The highest BCUT2D eigenvalue weighted by molar-refractivity contribution is 7.92. The minimum atomic E-state index is -3.90. The van der Waals surface area contributed by atoms with Gasteiger partial charge in [0.25, 0.3) is 15.9 Å². The Hall–Kier alpha value is -3.32. The number of nitrogens with one attached hydrogen (secondary N) is 1. The zero-order chi connectivity index (χ0) is 22.9. The van der Waals surface area contributed by atoms with Crippen LogP contribution in [0.5, 0.6) is 5.75 Å². The molecule has 0 fully saturated rings. The fourth-order valence-electron chi connectivity index (χ4n) is 3.55. The maximum Gasteiger partial charge on any atom is 0.267 e. The Morgan fingerprint density at radius 2 is 1.59 bits per heavy atom. The number of carbonyl (C=O) groups is 1. The number of rotatable bonds is 4. The standard InChI is InChI=1S/C25H26N2O4S/c1-25(2,3)18-14-15-22-21(16-18)27(32(29,30)20-12-8-5-9-13-20)17-23(31-22)24(28)26-19-10-6-4-7-11-19/h4-16,23H,17H2,1-3H3,(H,26,28). The lowest BCUT2D eigenvalue weighted by atomic mass is 9.86. The average molecular weight is 451 g/mol. The van der Waals surface area contributed by atoms with Crippen molar-refractivity contribution in [3.8, 4) is 5.75 Å². The Kier molecular flexibility index (Phi) is 5.69. The van der Waals surface area contributed by atoms with Gasteiger partial charge in [-0.25, -0.2) is 8.42 Å². The molecule has 0 saturated carbocycles. The third kappa shape index (κ3) is 4.34. The van der Waals surface area contributed by atoms with E-state index >= 15 is 0 Å². The van der Waals surface area contributed by atoms with Crippen LogP contribution in [0, 0.1) is 0 Å². The van der Waals surface area contributed by atoms with Gasteiger partial charge in [-0.15, -0.1) is 0 Å². The molecular formula is C25H26N2O4S. The minimum Gasteiger partial charge on any atom is -0.476 e. The van der Waals surface area contributed by atoms with Crippen LogP contribution in [0.2, 0.25) is 0 Å². The number of amides is 1. The van der Waals surface area contributed by atoms with Gasteiger partial charge in [-0.2, -0.15) is 0 Å². The van der Waals surface area contributed by atoms with Gasteiger partial charge in [0.1, 0.15) is 5.75 Å². The third-order valence-electron chi connectivity index (χ3n) is 5.36. The van der Waals surface area contributed by atoms with Gasteiger partial charge >= 0.3 is 0 Å². The number of hydrogen-bond acceptors (Lipinski definition) is 4. The fraction of sp³-hybridized carbons (Fsp3) is 0.240. The maximum atomic E-state index is 13.6. The summed E-state index contributed by atoms with van der Waals surface area (Å²) >= 11 is 0. The van der Waals surface area contributed by atoms with Crippen molar-refractivity contribution >= 4 is 27.3 Å². The normalized spacial score (nSPS) is 16.1. The molecule has 1 aliphatic heterocycles. The minimum absolute atomic E-state index is 0.128. The van der Waals surface area contributed by atoms with Crippen molar-refractivity contribution in [3.05, 3.63) is 84.4 Å². The summed E-state index contributed by atoms with van der Waals surface area (Å²) in [6, 6.07) is 22.7. The van der Waals surface area contributed by atoms with Crippen LogP contribution >= 0.6 is 0 Å². The molecule has 1 heterocycles. The Bertz CT molecular complexity index is 1220. The Morgan fingerprint density at radius 1 is 0.969 bits per heavy atom. The fourth-order valence-corrected chi connectivity index (χ4v) is 5.03. The van der Waals surface area contributed by atoms with E-state index in [1.54, 1.807) is 48.5 Å². The first-order valence-electron chi connectivity index (χ1n) is 10.4. The van der Waals surface area contributed by atoms with Crippen molar-refractivity contribution < 1.29 is 17.9 Å². The quantitative estimate of drug-likeness (QED) is 0.631. The largest absolute Gasteiger partial charge is 0.476 e. The average Bonchev–Trinajstić information content (AvgIpc) is 2.78. The van der Waals surface area contributed by atoms with Crippen molar-refractivity contribution in [3.63, 3.8) is 0 Å². The van der Waals surface area contributed by atoms with Gasteiger partial charge in [0.05, 0.1) is 17.1 Å². The molecule has 4 rings (SSSR count). The molecule has 1 N–H and O–H groups in total. The number of carbonyl (C=O) groups excluding carboxylic acids is 1. The van der Waals surface area contributed by atoms with Gasteiger partial charge in [0.2, 0.25) is 0 Å². The zero-order valence-corrected chi connectivity index (χ0v) is 19.1. The molecule has 7 heteroatoms. The van der Waals surface area contributed by atoms with E-state index in [9.17, 15) is 13.2 Å². The summed E-state index contributed by atoms with van der Waals surface area (Å²) in [7, 11) is -3.90. The summed E-state index contributed by atoms with van der Waals surface area (Å²) in [5, 5.41) is 2.80. The molecule has 1 atom stereocenters. The predicted molar refractivity (Wildman–Crippen MR) is 126 cm³/mol. The second kappa shape index (κ2) is 8.31. The topological polar surface area (TPSA) is 75.7 Å². The van der Waals surface area contributed by atoms with Crippen LogP contribution in [0.3, 0.4) is 0 Å². The first kappa shape index (κ1) is 21.9. The molecule has 1 aliphatic rings. The van der Waals surface area contributed by atoms with Crippen LogP contribution in [0.25, 0.3) is 0 Å². The van der Waals surface area contributed by atoms with Crippen LogP contribution in [0.15, 0.2) is 83.8 Å². The van der Waals surface area contributed by atoms with Crippen LogP contribution < -0.4 is 14.4 Å². The zero-order valence-electron chi connectivity index (χ0n) is 18.3. The van der Waals surface area contributed by atoms with Crippen LogP contribution in [-0.4, -0.2) is 27.0 Å². The highest BCUT2D eigenvalue weighted by Gasteiger charge is 2.38. The molecule has 3 aromatic rings. The summed E-state index contributed by atoms with van der Waals surface area (Å²) in [4.78, 5) is 13.1. The molecule has 3 aromatic carbocycles. The van der Waals surface area contributed by atoms with E-state index in [4.69, 9.17) is 4.74 Å². The van der Waals surface area contributed by atoms with Gasteiger partial charge < -0.3 is 10.1 Å². The van der Waals surface area contributed by atoms with Crippen LogP contribution in [0.4, 0.5) is 11.4 Å². The molecule has 0 saturated heterocycles. The molecule has 1 amide bonds. The van der Waals surface area contributed by atoms with Gasteiger partial charge in [0.15, 0.2) is 6.10 Å². The van der Waals surface area contributed by atoms with E-state index in [1.807, 2.05) is 30.3 Å². The SMILES string of the molecule is CC(C)(C)c1ccc2c(c1)N(S(=O)(=O)c1ccccc1)CC(C(=O)Nc1ccccc1)O2. The molecule has 0 aromatic heterocycles. The van der Waals surface area contributed by atoms with E-state index in [0.29, 0.717) is 17.1 Å².